The quantitative estimate of drug-likeness (QED) is 0.250. The van der Waals surface area contributed by atoms with Gasteiger partial charge in [0.15, 0.2) is 5.60 Å². The predicted octanol–water partition coefficient (Wildman–Crippen LogP) is 2.40. The van der Waals surface area contributed by atoms with E-state index in [0.29, 0.717) is 6.42 Å². The summed E-state index contributed by atoms with van der Waals surface area (Å²) in [4.78, 5) is 33.1. The maximum absolute atomic E-state index is 11.4. The Hall–Kier alpha value is 0.370. The first-order chi connectivity index (χ1) is 11.8. The molecule has 0 fully saturated rings. The molecule has 0 saturated heterocycles. The molecule has 0 unspecified atom stereocenters. The van der Waals surface area contributed by atoms with Gasteiger partial charge in [-0.25, -0.2) is 4.79 Å². The molecule has 0 aromatic carbocycles. The zero-order valence-corrected chi connectivity index (χ0v) is 15.2. The van der Waals surface area contributed by atoms with Crippen molar-refractivity contribution in [1.29, 1.82) is 0 Å². The van der Waals surface area contributed by atoms with Crippen LogP contribution in [0.3, 0.4) is 0 Å². The van der Waals surface area contributed by atoms with E-state index in [2.05, 4.69) is 6.92 Å². The summed E-state index contributed by atoms with van der Waals surface area (Å²) in [5.41, 5.74) is -2.20. The van der Waals surface area contributed by atoms with Crippen molar-refractivity contribution in [2.45, 2.75) is 89.6 Å². The second kappa shape index (κ2) is 19.7. The fraction of sp³-hybridized carbons (Fsp3) is 0.833. The van der Waals surface area contributed by atoms with Gasteiger partial charge >= 0.3 is 77.0 Å². The van der Waals surface area contributed by atoms with Crippen LogP contribution in [0.1, 0.15) is 84.0 Å². The van der Waals surface area contributed by atoms with Gasteiger partial charge in [-0.15, -0.1) is 0 Å². The first-order valence-corrected chi connectivity index (χ1v) is 9.15. The van der Waals surface area contributed by atoms with Crippen LogP contribution in [0, 0.1) is 0 Å². The predicted molar refractivity (Wildman–Crippen MR) is 107 cm³/mol. The summed E-state index contributed by atoms with van der Waals surface area (Å²) in [6.07, 6.45) is 9.31. The van der Waals surface area contributed by atoms with Crippen LogP contribution < -0.4 is 0 Å². The number of aliphatic carboxylic acids is 3. The molecule has 0 spiro atoms. The zero-order chi connectivity index (χ0) is 19.1. The fourth-order valence-electron chi connectivity index (χ4n) is 2.72. The molecule has 0 radical (unpaired) electrons. The van der Waals surface area contributed by atoms with Gasteiger partial charge in [0, 0.05) is 6.61 Å². The number of carbonyl (C=O) groups is 3. The van der Waals surface area contributed by atoms with Crippen LogP contribution in [0.4, 0.5) is 0 Å². The Balaban J connectivity index is -0.00000288. The molecule has 3 N–H and O–H groups in total. The molecule has 0 aliphatic carbocycles. The number of carboxylic acid groups (broad SMARTS) is 3. The second-order valence-corrected chi connectivity index (χ2v) is 6.47. The summed E-state index contributed by atoms with van der Waals surface area (Å²) >= 11 is 0. The van der Waals surface area contributed by atoms with E-state index in [1.807, 2.05) is 0 Å². The van der Waals surface area contributed by atoms with Gasteiger partial charge in [0.2, 0.25) is 0 Å². The molecule has 0 aromatic heterocycles. The molecular formula is C18H34Na2O7. The summed E-state index contributed by atoms with van der Waals surface area (Å²) < 4.78 is 5.22. The molecule has 7 nitrogen and oxygen atoms in total. The van der Waals surface area contributed by atoms with Gasteiger partial charge in [0.25, 0.3) is 0 Å². The van der Waals surface area contributed by atoms with Crippen LogP contribution in [0.25, 0.3) is 0 Å². The Labute approximate surface area is 206 Å². The SMILES string of the molecule is CCCCCCCCCCCCOC(CC(=O)O)(CC(=O)O)C(=O)O.[NaH].[NaH]. The standard InChI is InChI=1S/C18H32O7.2Na.2H/c1-2-3-4-5-6-7-8-9-10-11-12-25-18(17(23)24,13-15(19)20)14-16(21)22;;;;/h2-14H2,1H3,(H,19,20)(H,21,22)(H,23,24);;;;. The van der Waals surface area contributed by atoms with E-state index in [-0.39, 0.29) is 65.7 Å². The third-order valence-corrected chi connectivity index (χ3v) is 4.14. The normalized spacial score (nSPS) is 10.6. The van der Waals surface area contributed by atoms with Gasteiger partial charge in [-0.3, -0.25) is 9.59 Å². The molecule has 0 aliphatic rings. The Kier molecular flexibility index (Phi) is 23.4. The van der Waals surface area contributed by atoms with Crippen molar-refractivity contribution in [3.05, 3.63) is 0 Å². The first-order valence-electron chi connectivity index (χ1n) is 9.15. The molecule has 27 heavy (non-hydrogen) atoms. The number of hydrogen-bond acceptors (Lipinski definition) is 4. The van der Waals surface area contributed by atoms with Crippen LogP contribution in [0.15, 0.2) is 0 Å². The first kappa shape index (κ1) is 32.0. The van der Waals surface area contributed by atoms with E-state index in [0.717, 1.165) is 19.3 Å². The van der Waals surface area contributed by atoms with Crippen molar-refractivity contribution >= 4 is 77.0 Å². The van der Waals surface area contributed by atoms with Gasteiger partial charge in [-0.05, 0) is 6.42 Å². The molecule has 0 aliphatic heterocycles. The van der Waals surface area contributed by atoms with Crippen molar-refractivity contribution in [3.63, 3.8) is 0 Å². The molecule has 0 amide bonds. The van der Waals surface area contributed by atoms with Crippen LogP contribution in [0.5, 0.6) is 0 Å². The average molecular weight is 408 g/mol. The molecule has 150 valence electrons. The number of unbranched alkanes of at least 4 members (excludes halogenated alkanes) is 9. The molecule has 0 aromatic rings. The summed E-state index contributed by atoms with van der Waals surface area (Å²) in [6, 6.07) is 0. The van der Waals surface area contributed by atoms with E-state index in [4.69, 9.17) is 14.9 Å². The topological polar surface area (TPSA) is 121 Å². The fourth-order valence-corrected chi connectivity index (χ4v) is 2.72. The summed E-state index contributed by atoms with van der Waals surface area (Å²) in [5.74, 6) is -4.34. The summed E-state index contributed by atoms with van der Waals surface area (Å²) in [7, 11) is 0. The van der Waals surface area contributed by atoms with Crippen LogP contribution in [-0.4, -0.2) is 105 Å². The van der Waals surface area contributed by atoms with Crippen molar-refractivity contribution < 1.29 is 34.4 Å². The van der Waals surface area contributed by atoms with Crippen LogP contribution in [0.2, 0.25) is 0 Å². The van der Waals surface area contributed by atoms with Crippen molar-refractivity contribution in [3.8, 4) is 0 Å². The monoisotopic (exact) mass is 408 g/mol. The van der Waals surface area contributed by atoms with E-state index in [1.165, 1.54) is 38.5 Å². The van der Waals surface area contributed by atoms with Gasteiger partial charge in [-0.2, -0.15) is 0 Å². The average Bonchev–Trinajstić information content (AvgIpc) is 2.51. The molecule has 0 heterocycles. The number of ether oxygens (including phenoxy) is 1. The van der Waals surface area contributed by atoms with E-state index in [1.54, 1.807) is 0 Å². The molecule has 0 saturated carbocycles. The number of hydrogen-bond donors (Lipinski definition) is 3. The molecule has 9 heteroatoms. The minimum absolute atomic E-state index is 0. The maximum atomic E-state index is 11.4. The van der Waals surface area contributed by atoms with Crippen LogP contribution in [-0.2, 0) is 19.1 Å². The molecular weight excluding hydrogens is 374 g/mol. The number of rotatable bonds is 17. The van der Waals surface area contributed by atoms with Gasteiger partial charge in [-0.1, -0.05) is 64.7 Å². The van der Waals surface area contributed by atoms with Gasteiger partial charge in [0.05, 0.1) is 12.8 Å². The number of carboxylic acids is 3. The summed E-state index contributed by atoms with van der Waals surface area (Å²) in [5, 5.41) is 26.9. The van der Waals surface area contributed by atoms with E-state index in [9.17, 15) is 19.5 Å². The van der Waals surface area contributed by atoms with Crippen molar-refractivity contribution in [2.75, 3.05) is 6.61 Å². The Morgan fingerprint density at radius 3 is 1.41 bits per heavy atom. The van der Waals surface area contributed by atoms with E-state index < -0.39 is 36.4 Å². The molecule has 0 rings (SSSR count). The Morgan fingerprint density at radius 1 is 0.704 bits per heavy atom. The van der Waals surface area contributed by atoms with E-state index >= 15 is 0 Å². The minimum atomic E-state index is -2.20. The van der Waals surface area contributed by atoms with Gasteiger partial charge in [0.1, 0.15) is 0 Å². The Morgan fingerprint density at radius 2 is 1.07 bits per heavy atom. The summed E-state index contributed by atoms with van der Waals surface area (Å²) in [6.45, 7) is 2.23. The molecule has 0 atom stereocenters. The van der Waals surface area contributed by atoms with Crippen molar-refractivity contribution in [1.82, 2.24) is 0 Å². The molecule has 0 bridgehead atoms. The Bertz CT molecular complexity index is 401. The van der Waals surface area contributed by atoms with Gasteiger partial charge < -0.3 is 20.1 Å². The third kappa shape index (κ3) is 17.0. The van der Waals surface area contributed by atoms with Crippen LogP contribution >= 0.6 is 0 Å². The third-order valence-electron chi connectivity index (χ3n) is 4.14. The zero-order valence-electron chi connectivity index (χ0n) is 15.2. The van der Waals surface area contributed by atoms with Crippen molar-refractivity contribution in [2.24, 2.45) is 0 Å². The second-order valence-electron chi connectivity index (χ2n) is 6.47.